The fourth-order valence-corrected chi connectivity index (χ4v) is 3.12. The molecule has 1 heterocycles. The van der Waals surface area contributed by atoms with Crippen LogP contribution in [0.15, 0.2) is 18.2 Å². The van der Waals surface area contributed by atoms with Crippen molar-refractivity contribution in [1.82, 2.24) is 4.90 Å². The van der Waals surface area contributed by atoms with Gasteiger partial charge >= 0.3 is 0 Å². The molecule has 1 aliphatic rings. The third kappa shape index (κ3) is 2.58. The van der Waals surface area contributed by atoms with Crippen molar-refractivity contribution in [3.63, 3.8) is 0 Å². The fraction of sp³-hybridized carbons (Fsp3) is 0.438. The lowest BCUT2D eigenvalue weighted by Crippen LogP contribution is -2.44. The molecule has 1 aromatic carbocycles. The van der Waals surface area contributed by atoms with Crippen LogP contribution in [0.1, 0.15) is 25.8 Å². The largest absolute Gasteiger partial charge is 0.396 e. The molecule has 1 saturated heterocycles. The summed E-state index contributed by atoms with van der Waals surface area (Å²) >= 11 is 5.56. The second kappa shape index (κ2) is 6.03. The molecule has 1 fully saturated rings. The Morgan fingerprint density at radius 3 is 2.64 bits per heavy atom. The highest BCUT2D eigenvalue weighted by Crippen LogP contribution is 2.34. The van der Waals surface area contributed by atoms with Gasteiger partial charge in [-0.1, -0.05) is 6.07 Å². The molecule has 6 heteroatoms. The molecule has 0 atom stereocenters. The number of anilines is 1. The molecule has 1 aliphatic heterocycles. The summed E-state index contributed by atoms with van der Waals surface area (Å²) in [6, 6.07) is 5.48. The number of amidine groups is 1. The molecule has 116 valence electrons. The Kier molecular flexibility index (Phi) is 4.50. The van der Waals surface area contributed by atoms with Crippen molar-refractivity contribution < 1.29 is 5.11 Å². The Balaban J connectivity index is 2.40. The van der Waals surface area contributed by atoms with Gasteiger partial charge in [0.05, 0.1) is 12.1 Å². The number of thiocarbonyl (C=S) groups is 1. The average molecular weight is 316 g/mol. The van der Waals surface area contributed by atoms with E-state index in [9.17, 15) is 0 Å². The second-order valence-corrected chi connectivity index (χ2v) is 6.20. The molecule has 0 spiro atoms. The van der Waals surface area contributed by atoms with Gasteiger partial charge in [-0.25, -0.2) is 4.85 Å². The molecule has 0 unspecified atom stereocenters. The molecule has 0 aromatic heterocycles. The second-order valence-electron chi connectivity index (χ2n) is 5.84. The highest BCUT2D eigenvalue weighted by atomic mass is 32.1. The average Bonchev–Trinajstić information content (AvgIpc) is 2.63. The lowest BCUT2D eigenvalue weighted by atomic mass is 10.0. The van der Waals surface area contributed by atoms with Gasteiger partial charge in [0.15, 0.2) is 10.8 Å². The van der Waals surface area contributed by atoms with Gasteiger partial charge in [-0.15, -0.1) is 0 Å². The van der Waals surface area contributed by atoms with Gasteiger partial charge in [-0.05, 0) is 57.1 Å². The number of nitrogens with one attached hydrogen (secondary N) is 1. The van der Waals surface area contributed by atoms with Crippen molar-refractivity contribution in [2.75, 3.05) is 18.1 Å². The monoisotopic (exact) mass is 316 g/mol. The van der Waals surface area contributed by atoms with E-state index in [0.717, 1.165) is 11.3 Å². The highest BCUT2D eigenvalue weighted by molar-refractivity contribution is 7.80. The first-order valence-electron chi connectivity index (χ1n) is 7.14. The van der Waals surface area contributed by atoms with Crippen molar-refractivity contribution in [3.8, 4) is 0 Å². The normalized spacial score (nSPS) is 17.0. The van der Waals surface area contributed by atoms with Gasteiger partial charge in [0.25, 0.3) is 0 Å². The van der Waals surface area contributed by atoms with Crippen LogP contribution in [0.5, 0.6) is 0 Å². The highest BCUT2D eigenvalue weighted by Gasteiger charge is 2.46. The number of aryl methyl sites for hydroxylation is 1. The van der Waals surface area contributed by atoms with Crippen molar-refractivity contribution in [2.45, 2.75) is 32.7 Å². The third-order valence-electron chi connectivity index (χ3n) is 4.00. The van der Waals surface area contributed by atoms with E-state index in [-0.39, 0.29) is 6.61 Å². The predicted molar refractivity (Wildman–Crippen MR) is 92.7 cm³/mol. The topological polar surface area (TPSA) is 54.9 Å². The predicted octanol–water partition coefficient (Wildman–Crippen LogP) is 3.09. The van der Waals surface area contributed by atoms with Crippen LogP contribution in [-0.2, 0) is 0 Å². The first kappa shape index (κ1) is 16.4. The van der Waals surface area contributed by atoms with Crippen molar-refractivity contribution in [3.05, 3.63) is 35.2 Å². The van der Waals surface area contributed by atoms with Crippen LogP contribution < -0.4 is 4.90 Å². The van der Waals surface area contributed by atoms with Crippen molar-refractivity contribution in [1.29, 1.82) is 5.41 Å². The van der Waals surface area contributed by atoms with Crippen LogP contribution in [0, 0.1) is 18.9 Å². The zero-order valence-corrected chi connectivity index (χ0v) is 13.9. The molecule has 0 aliphatic carbocycles. The number of aliphatic hydroxyl groups is 1. The summed E-state index contributed by atoms with van der Waals surface area (Å²) in [6.07, 6.45) is 0.611. The van der Waals surface area contributed by atoms with E-state index in [1.807, 2.05) is 37.8 Å². The van der Waals surface area contributed by atoms with Crippen LogP contribution in [0.3, 0.4) is 0 Å². The molecule has 0 amide bonds. The third-order valence-corrected chi connectivity index (χ3v) is 4.40. The summed E-state index contributed by atoms with van der Waals surface area (Å²) in [5, 5.41) is 18.1. The lowest BCUT2D eigenvalue weighted by molar-refractivity contribution is 0.242. The van der Waals surface area contributed by atoms with E-state index >= 15 is 0 Å². The van der Waals surface area contributed by atoms with Crippen molar-refractivity contribution >= 4 is 34.5 Å². The molecule has 1 aromatic rings. The van der Waals surface area contributed by atoms with Crippen LogP contribution in [0.25, 0.3) is 4.85 Å². The summed E-state index contributed by atoms with van der Waals surface area (Å²) in [5.74, 6) is 0.408. The molecule has 2 N–H and O–H groups in total. The Hall–Kier alpha value is -1.97. The number of rotatable bonds is 4. The van der Waals surface area contributed by atoms with E-state index in [2.05, 4.69) is 4.85 Å². The summed E-state index contributed by atoms with van der Waals surface area (Å²) < 4.78 is 0. The quantitative estimate of drug-likeness (QED) is 0.662. The van der Waals surface area contributed by atoms with Gasteiger partial charge in [0.2, 0.25) is 0 Å². The van der Waals surface area contributed by atoms with E-state index in [4.69, 9.17) is 29.3 Å². The standard InChI is InChI=1S/C16H20N4OS/c1-11-10-12(6-7-13(11)18-4)20-14(17)16(2,3)19(15(20)22)8-5-9-21/h6-7,10,17,21H,5,8-9H2,1-3H3. The Labute approximate surface area is 136 Å². The van der Waals surface area contributed by atoms with Crippen molar-refractivity contribution in [2.24, 2.45) is 0 Å². The summed E-state index contributed by atoms with van der Waals surface area (Å²) in [6.45, 7) is 13.6. The zero-order valence-electron chi connectivity index (χ0n) is 13.1. The SMILES string of the molecule is [C-]#[N+]c1ccc(N2C(=N)C(C)(C)N(CCCO)C2=S)cc1C. The first-order chi connectivity index (χ1) is 10.3. The minimum atomic E-state index is -0.515. The fourth-order valence-electron chi connectivity index (χ4n) is 2.60. The summed E-state index contributed by atoms with van der Waals surface area (Å²) in [4.78, 5) is 7.18. The van der Waals surface area contributed by atoms with Crippen LogP contribution in [0.4, 0.5) is 11.4 Å². The summed E-state index contributed by atoms with van der Waals surface area (Å²) in [5.41, 5.74) is 1.77. The molecular formula is C16H20N4OS. The molecule has 0 bridgehead atoms. The van der Waals surface area contributed by atoms with E-state index in [1.165, 1.54) is 0 Å². The number of nitrogens with zero attached hydrogens (tertiary/aromatic N) is 3. The maximum atomic E-state index is 9.06. The number of aliphatic hydroxyl groups excluding tert-OH is 1. The van der Waals surface area contributed by atoms with Gasteiger partial charge in [-0.2, -0.15) is 0 Å². The van der Waals surface area contributed by atoms with E-state index < -0.39 is 5.54 Å². The minimum Gasteiger partial charge on any atom is -0.396 e. The molecule has 0 radical (unpaired) electrons. The van der Waals surface area contributed by atoms with Crippen LogP contribution >= 0.6 is 12.2 Å². The zero-order chi connectivity index (χ0) is 16.5. The minimum absolute atomic E-state index is 0.0985. The molecular weight excluding hydrogens is 296 g/mol. The molecule has 22 heavy (non-hydrogen) atoms. The van der Waals surface area contributed by atoms with E-state index in [0.29, 0.717) is 29.6 Å². The van der Waals surface area contributed by atoms with Gasteiger partial charge in [-0.3, -0.25) is 10.3 Å². The number of benzene rings is 1. The van der Waals surface area contributed by atoms with E-state index in [1.54, 1.807) is 11.0 Å². The number of hydrogen-bond acceptors (Lipinski definition) is 3. The van der Waals surface area contributed by atoms with Gasteiger partial charge in [0, 0.05) is 18.8 Å². The van der Waals surface area contributed by atoms with Crippen LogP contribution in [0.2, 0.25) is 0 Å². The Bertz CT molecular complexity index is 663. The molecule has 5 nitrogen and oxygen atoms in total. The van der Waals surface area contributed by atoms with Gasteiger partial charge < -0.3 is 10.0 Å². The Morgan fingerprint density at radius 2 is 2.09 bits per heavy atom. The Morgan fingerprint density at radius 1 is 1.41 bits per heavy atom. The first-order valence-corrected chi connectivity index (χ1v) is 7.55. The smallest absolute Gasteiger partial charge is 0.190 e. The maximum absolute atomic E-state index is 9.06. The number of hydrogen-bond donors (Lipinski definition) is 2. The molecule has 2 rings (SSSR count). The van der Waals surface area contributed by atoms with Gasteiger partial charge in [0.1, 0.15) is 5.84 Å². The van der Waals surface area contributed by atoms with Crippen LogP contribution in [-0.4, -0.2) is 39.6 Å². The maximum Gasteiger partial charge on any atom is 0.190 e. The summed E-state index contributed by atoms with van der Waals surface area (Å²) in [7, 11) is 0. The molecule has 0 saturated carbocycles. The lowest BCUT2D eigenvalue weighted by Gasteiger charge is -2.30.